The van der Waals surface area contributed by atoms with Gasteiger partial charge >= 0.3 is 5.97 Å². The van der Waals surface area contributed by atoms with Gasteiger partial charge in [-0.05, 0) is 18.2 Å². The zero-order valence-corrected chi connectivity index (χ0v) is 10.9. The first-order chi connectivity index (χ1) is 9.10. The number of nitrogens with zero attached hydrogens (tertiary/aromatic N) is 1. The standard InChI is InChI=1S/C12H11N3O3S/c1-18-11(17)9-6-19-12(15-9)14-8-4-2-3-7(5-8)10(13)16/h2-6H,1H3,(H2,13,16)(H,14,15). The molecule has 3 N–H and O–H groups in total. The van der Waals surface area contributed by atoms with Gasteiger partial charge in [0.05, 0.1) is 7.11 Å². The molecule has 7 heteroatoms. The number of aromatic nitrogens is 1. The molecule has 0 fully saturated rings. The Morgan fingerprint density at radius 3 is 2.89 bits per heavy atom. The number of rotatable bonds is 4. The van der Waals surface area contributed by atoms with E-state index in [4.69, 9.17) is 5.73 Å². The van der Waals surface area contributed by atoms with E-state index in [1.54, 1.807) is 29.6 Å². The number of benzene rings is 1. The van der Waals surface area contributed by atoms with Gasteiger partial charge in [-0.15, -0.1) is 11.3 Å². The number of carbonyl (C=O) groups excluding carboxylic acids is 2. The van der Waals surface area contributed by atoms with Crippen LogP contribution in [0.15, 0.2) is 29.6 Å². The maximum atomic E-state index is 11.3. The molecule has 1 heterocycles. The number of nitrogens with one attached hydrogen (secondary N) is 1. The maximum Gasteiger partial charge on any atom is 0.357 e. The summed E-state index contributed by atoms with van der Waals surface area (Å²) in [6.45, 7) is 0. The number of nitrogens with two attached hydrogens (primary N) is 1. The third kappa shape index (κ3) is 3.08. The maximum absolute atomic E-state index is 11.3. The molecule has 0 unspecified atom stereocenters. The van der Waals surface area contributed by atoms with E-state index >= 15 is 0 Å². The summed E-state index contributed by atoms with van der Waals surface area (Å²) in [6, 6.07) is 6.71. The summed E-state index contributed by atoms with van der Waals surface area (Å²) in [5, 5.41) is 5.11. The molecule has 0 bridgehead atoms. The van der Waals surface area contributed by atoms with E-state index in [2.05, 4.69) is 15.0 Å². The molecule has 1 aromatic heterocycles. The van der Waals surface area contributed by atoms with E-state index in [-0.39, 0.29) is 5.69 Å². The number of hydrogen-bond donors (Lipinski definition) is 2. The molecule has 19 heavy (non-hydrogen) atoms. The van der Waals surface area contributed by atoms with Gasteiger partial charge in [-0.25, -0.2) is 9.78 Å². The highest BCUT2D eigenvalue weighted by Crippen LogP contribution is 2.21. The number of carbonyl (C=O) groups is 2. The van der Waals surface area contributed by atoms with Gasteiger partial charge in [0.15, 0.2) is 10.8 Å². The minimum absolute atomic E-state index is 0.237. The highest BCUT2D eigenvalue weighted by Gasteiger charge is 2.11. The largest absolute Gasteiger partial charge is 0.464 e. The summed E-state index contributed by atoms with van der Waals surface area (Å²) in [6.07, 6.45) is 0. The average molecular weight is 277 g/mol. The zero-order valence-electron chi connectivity index (χ0n) is 10.0. The van der Waals surface area contributed by atoms with Crippen molar-refractivity contribution in [2.45, 2.75) is 0 Å². The van der Waals surface area contributed by atoms with Crippen LogP contribution in [0.4, 0.5) is 10.8 Å². The fraction of sp³-hybridized carbons (Fsp3) is 0.0833. The number of primary amides is 1. The van der Waals surface area contributed by atoms with Gasteiger partial charge in [0.25, 0.3) is 0 Å². The molecule has 6 nitrogen and oxygen atoms in total. The van der Waals surface area contributed by atoms with Crippen LogP contribution in [0.1, 0.15) is 20.8 Å². The van der Waals surface area contributed by atoms with Crippen LogP contribution in [0, 0.1) is 0 Å². The Balaban J connectivity index is 2.17. The van der Waals surface area contributed by atoms with Gasteiger partial charge in [-0.1, -0.05) is 6.07 Å². The van der Waals surface area contributed by atoms with Crippen LogP contribution >= 0.6 is 11.3 Å². The normalized spacial score (nSPS) is 9.95. The van der Waals surface area contributed by atoms with Gasteiger partial charge in [-0.3, -0.25) is 4.79 Å². The van der Waals surface area contributed by atoms with E-state index in [1.165, 1.54) is 18.4 Å². The summed E-state index contributed by atoms with van der Waals surface area (Å²) in [7, 11) is 1.30. The average Bonchev–Trinajstić information content (AvgIpc) is 2.86. The number of thiazole rings is 1. The van der Waals surface area contributed by atoms with Gasteiger partial charge in [-0.2, -0.15) is 0 Å². The number of amides is 1. The third-order valence-corrected chi connectivity index (χ3v) is 3.05. The number of methoxy groups -OCH3 is 1. The van der Waals surface area contributed by atoms with Crippen molar-refractivity contribution in [2.75, 3.05) is 12.4 Å². The van der Waals surface area contributed by atoms with Crippen LogP contribution in [0.2, 0.25) is 0 Å². The molecular formula is C12H11N3O3S. The second-order valence-corrected chi connectivity index (χ2v) is 4.46. The Kier molecular flexibility index (Phi) is 3.76. The predicted molar refractivity (Wildman–Crippen MR) is 71.7 cm³/mol. The smallest absolute Gasteiger partial charge is 0.357 e. The van der Waals surface area contributed by atoms with Crippen molar-refractivity contribution in [3.63, 3.8) is 0 Å². The fourth-order valence-electron chi connectivity index (χ4n) is 1.40. The molecule has 2 rings (SSSR count). The molecule has 0 radical (unpaired) electrons. The van der Waals surface area contributed by atoms with Crippen LogP contribution in [0.5, 0.6) is 0 Å². The Morgan fingerprint density at radius 2 is 2.21 bits per heavy atom. The molecule has 1 aromatic carbocycles. The molecule has 0 spiro atoms. The lowest BCUT2D eigenvalue weighted by atomic mass is 10.2. The van der Waals surface area contributed by atoms with Crippen molar-refractivity contribution in [3.05, 3.63) is 40.9 Å². The van der Waals surface area contributed by atoms with E-state index in [0.717, 1.165) is 0 Å². The molecule has 0 aliphatic rings. The van der Waals surface area contributed by atoms with Crippen molar-refractivity contribution >= 4 is 34.0 Å². The second-order valence-electron chi connectivity index (χ2n) is 3.60. The Hall–Kier alpha value is -2.41. The highest BCUT2D eigenvalue weighted by molar-refractivity contribution is 7.14. The third-order valence-electron chi connectivity index (χ3n) is 2.30. The zero-order chi connectivity index (χ0) is 13.8. The quantitative estimate of drug-likeness (QED) is 0.830. The summed E-state index contributed by atoms with van der Waals surface area (Å²) < 4.78 is 4.57. The molecular weight excluding hydrogens is 266 g/mol. The Bertz CT molecular complexity index is 624. The molecule has 1 amide bonds. The van der Waals surface area contributed by atoms with Crippen LogP contribution < -0.4 is 11.1 Å². The minimum Gasteiger partial charge on any atom is -0.464 e. The van der Waals surface area contributed by atoms with Gasteiger partial charge < -0.3 is 15.8 Å². The van der Waals surface area contributed by atoms with E-state index in [1.807, 2.05) is 0 Å². The Morgan fingerprint density at radius 1 is 1.42 bits per heavy atom. The first-order valence-electron chi connectivity index (χ1n) is 5.31. The van der Waals surface area contributed by atoms with E-state index in [9.17, 15) is 9.59 Å². The lowest BCUT2D eigenvalue weighted by molar-refractivity contribution is 0.0595. The molecule has 0 aliphatic carbocycles. The molecule has 0 atom stereocenters. The summed E-state index contributed by atoms with van der Waals surface area (Å²) in [5.74, 6) is -0.992. The number of anilines is 2. The van der Waals surface area contributed by atoms with Crippen LogP contribution in [-0.2, 0) is 4.74 Å². The van der Waals surface area contributed by atoms with Crippen LogP contribution in [-0.4, -0.2) is 24.0 Å². The Labute approximate surface area is 113 Å². The van der Waals surface area contributed by atoms with Gasteiger partial charge in [0.2, 0.25) is 5.91 Å². The van der Waals surface area contributed by atoms with Crippen LogP contribution in [0.3, 0.4) is 0 Å². The van der Waals surface area contributed by atoms with Crippen molar-refractivity contribution in [3.8, 4) is 0 Å². The lowest BCUT2D eigenvalue weighted by Crippen LogP contribution is -2.10. The van der Waals surface area contributed by atoms with E-state index in [0.29, 0.717) is 16.4 Å². The number of ether oxygens (including phenoxy) is 1. The lowest BCUT2D eigenvalue weighted by Gasteiger charge is -2.03. The van der Waals surface area contributed by atoms with Crippen molar-refractivity contribution < 1.29 is 14.3 Å². The first-order valence-corrected chi connectivity index (χ1v) is 6.19. The molecule has 0 aliphatic heterocycles. The highest BCUT2D eigenvalue weighted by atomic mass is 32.1. The van der Waals surface area contributed by atoms with Crippen molar-refractivity contribution in [2.24, 2.45) is 5.73 Å². The SMILES string of the molecule is COC(=O)c1csc(Nc2cccc(C(N)=O)c2)n1. The molecule has 0 saturated heterocycles. The first kappa shape index (κ1) is 13.0. The van der Waals surface area contributed by atoms with Crippen molar-refractivity contribution in [1.82, 2.24) is 4.98 Å². The van der Waals surface area contributed by atoms with Gasteiger partial charge in [0, 0.05) is 16.6 Å². The monoisotopic (exact) mass is 277 g/mol. The minimum atomic E-state index is -0.502. The number of esters is 1. The molecule has 98 valence electrons. The van der Waals surface area contributed by atoms with E-state index < -0.39 is 11.9 Å². The van der Waals surface area contributed by atoms with Gasteiger partial charge in [0.1, 0.15) is 0 Å². The second kappa shape index (κ2) is 5.49. The van der Waals surface area contributed by atoms with Crippen molar-refractivity contribution in [1.29, 1.82) is 0 Å². The molecule has 2 aromatic rings. The van der Waals surface area contributed by atoms with Crippen LogP contribution in [0.25, 0.3) is 0 Å². The fourth-order valence-corrected chi connectivity index (χ4v) is 2.10. The summed E-state index contributed by atoms with van der Waals surface area (Å²) in [4.78, 5) is 26.4. The summed E-state index contributed by atoms with van der Waals surface area (Å²) >= 11 is 1.26. The predicted octanol–water partition coefficient (Wildman–Crippen LogP) is 1.77. The molecule has 0 saturated carbocycles. The summed E-state index contributed by atoms with van der Waals surface area (Å²) in [5.41, 5.74) is 6.50. The number of hydrogen-bond acceptors (Lipinski definition) is 6. The topological polar surface area (TPSA) is 94.3 Å².